The first-order chi connectivity index (χ1) is 7.42. The van der Waals surface area contributed by atoms with Crippen LogP contribution in [-0.4, -0.2) is 6.61 Å². The van der Waals surface area contributed by atoms with Crippen molar-refractivity contribution in [1.82, 2.24) is 0 Å². The fraction of sp³-hybridized carbons (Fsp3) is 0.500. The lowest BCUT2D eigenvalue weighted by Gasteiger charge is -2.08. The van der Waals surface area contributed by atoms with Crippen LogP contribution in [0.4, 0.5) is 0 Å². The predicted octanol–water partition coefficient (Wildman–Crippen LogP) is 3.22. The highest BCUT2D eigenvalue weighted by Gasteiger charge is 2.25. The fourth-order valence-corrected chi connectivity index (χ4v) is 1.56. The van der Waals surface area contributed by atoms with E-state index >= 15 is 0 Å². The van der Waals surface area contributed by atoms with Crippen LogP contribution < -0.4 is 4.89 Å². The number of unbranched alkanes of at least 4 members (excludes halogenated alkanes) is 2. The Morgan fingerprint density at radius 2 is 2.13 bits per heavy atom. The highest BCUT2D eigenvalue weighted by Crippen LogP contribution is 2.35. The third-order valence-electron chi connectivity index (χ3n) is 2.42. The number of benzene rings is 1. The Kier molecular flexibility index (Phi) is 3.59. The molecule has 1 aliphatic rings. The SMILES string of the molecule is CCCCCOC1OOc2ccccc21. The van der Waals surface area contributed by atoms with E-state index in [9.17, 15) is 0 Å². The van der Waals surface area contributed by atoms with Crippen molar-refractivity contribution in [3.05, 3.63) is 29.8 Å². The van der Waals surface area contributed by atoms with E-state index in [1.165, 1.54) is 12.8 Å². The highest BCUT2D eigenvalue weighted by molar-refractivity contribution is 5.35. The molecule has 1 aromatic rings. The van der Waals surface area contributed by atoms with Gasteiger partial charge in [0.15, 0.2) is 5.75 Å². The van der Waals surface area contributed by atoms with E-state index in [2.05, 4.69) is 6.92 Å². The first-order valence-electron chi connectivity index (χ1n) is 5.45. The van der Waals surface area contributed by atoms with Gasteiger partial charge in [-0.25, -0.2) is 0 Å². The Balaban J connectivity index is 1.85. The van der Waals surface area contributed by atoms with Crippen LogP contribution in [0.15, 0.2) is 24.3 Å². The smallest absolute Gasteiger partial charge is 0.233 e. The highest BCUT2D eigenvalue weighted by atomic mass is 17.2. The van der Waals surface area contributed by atoms with Crippen molar-refractivity contribution in [2.75, 3.05) is 6.61 Å². The molecule has 1 heterocycles. The zero-order valence-corrected chi connectivity index (χ0v) is 8.94. The molecule has 1 unspecified atom stereocenters. The number of hydrogen-bond donors (Lipinski definition) is 0. The number of fused-ring (bicyclic) bond motifs is 1. The van der Waals surface area contributed by atoms with Gasteiger partial charge in [-0.1, -0.05) is 31.9 Å². The van der Waals surface area contributed by atoms with Crippen LogP contribution in [0, 0.1) is 0 Å². The van der Waals surface area contributed by atoms with Gasteiger partial charge in [-0.05, 0) is 18.6 Å². The van der Waals surface area contributed by atoms with Crippen LogP contribution >= 0.6 is 0 Å². The van der Waals surface area contributed by atoms with Gasteiger partial charge in [0.2, 0.25) is 6.29 Å². The standard InChI is InChI=1S/C12H16O3/c1-2-3-6-9-13-12-10-7-4-5-8-11(10)14-15-12/h4-5,7-8,12H,2-3,6,9H2,1H3. The Morgan fingerprint density at radius 1 is 1.27 bits per heavy atom. The Bertz CT molecular complexity index is 311. The maximum Gasteiger partial charge on any atom is 0.233 e. The van der Waals surface area contributed by atoms with Crippen LogP contribution in [0.2, 0.25) is 0 Å². The van der Waals surface area contributed by atoms with E-state index in [0.29, 0.717) is 0 Å². The van der Waals surface area contributed by atoms with E-state index in [4.69, 9.17) is 14.5 Å². The number of ether oxygens (including phenoxy) is 1. The molecule has 1 aromatic carbocycles. The minimum absolute atomic E-state index is 0.349. The summed E-state index contributed by atoms with van der Waals surface area (Å²) < 4.78 is 5.58. The van der Waals surface area contributed by atoms with Crippen LogP contribution in [0.3, 0.4) is 0 Å². The Morgan fingerprint density at radius 3 is 3.00 bits per heavy atom. The van der Waals surface area contributed by atoms with Crippen molar-refractivity contribution in [2.45, 2.75) is 32.5 Å². The summed E-state index contributed by atoms with van der Waals surface area (Å²) >= 11 is 0. The van der Waals surface area contributed by atoms with Gasteiger partial charge >= 0.3 is 0 Å². The van der Waals surface area contributed by atoms with Crippen LogP contribution in [0.5, 0.6) is 5.75 Å². The van der Waals surface area contributed by atoms with E-state index in [-0.39, 0.29) is 6.29 Å². The quantitative estimate of drug-likeness (QED) is 0.549. The lowest BCUT2D eigenvalue weighted by Crippen LogP contribution is -2.04. The maximum absolute atomic E-state index is 5.58. The first-order valence-corrected chi connectivity index (χ1v) is 5.45. The summed E-state index contributed by atoms with van der Waals surface area (Å²) in [4.78, 5) is 10.1. The number of para-hydroxylation sites is 1. The molecule has 1 atom stereocenters. The number of hydrogen-bond acceptors (Lipinski definition) is 3. The molecule has 0 N–H and O–H groups in total. The lowest BCUT2D eigenvalue weighted by molar-refractivity contribution is -0.301. The van der Waals surface area contributed by atoms with Gasteiger partial charge < -0.3 is 9.62 Å². The van der Waals surface area contributed by atoms with Crippen molar-refractivity contribution < 1.29 is 14.5 Å². The van der Waals surface area contributed by atoms with Crippen molar-refractivity contribution >= 4 is 0 Å². The van der Waals surface area contributed by atoms with Crippen LogP contribution in [-0.2, 0) is 9.62 Å². The minimum Gasteiger partial charge on any atom is -0.345 e. The molecule has 0 fully saturated rings. The molecule has 0 radical (unpaired) electrons. The molecule has 0 aliphatic carbocycles. The minimum atomic E-state index is -0.349. The zero-order chi connectivity index (χ0) is 10.5. The first kappa shape index (κ1) is 10.5. The monoisotopic (exact) mass is 208 g/mol. The molecule has 1 aliphatic heterocycles. The van der Waals surface area contributed by atoms with E-state index in [1.54, 1.807) is 0 Å². The molecule has 2 rings (SSSR count). The van der Waals surface area contributed by atoms with Gasteiger partial charge in [-0.15, -0.1) is 0 Å². The molecule has 0 bridgehead atoms. The Hall–Kier alpha value is -1.06. The summed E-state index contributed by atoms with van der Waals surface area (Å²) in [6, 6.07) is 7.72. The van der Waals surface area contributed by atoms with Gasteiger partial charge in [-0.2, -0.15) is 4.89 Å². The molecular weight excluding hydrogens is 192 g/mol. The van der Waals surface area contributed by atoms with E-state index in [1.807, 2.05) is 24.3 Å². The number of rotatable bonds is 5. The molecule has 0 spiro atoms. The molecule has 3 heteroatoms. The molecule has 3 nitrogen and oxygen atoms in total. The second-order valence-electron chi connectivity index (χ2n) is 3.63. The molecule has 0 saturated heterocycles. The molecular formula is C12H16O3. The summed E-state index contributed by atoms with van der Waals surface area (Å²) in [5, 5.41) is 0. The van der Waals surface area contributed by atoms with Gasteiger partial charge in [-0.3, -0.25) is 0 Å². The molecule has 82 valence electrons. The maximum atomic E-state index is 5.58. The second-order valence-corrected chi connectivity index (χ2v) is 3.63. The molecule has 15 heavy (non-hydrogen) atoms. The third kappa shape index (κ3) is 2.49. The third-order valence-corrected chi connectivity index (χ3v) is 2.42. The van der Waals surface area contributed by atoms with Gasteiger partial charge in [0.1, 0.15) is 0 Å². The lowest BCUT2D eigenvalue weighted by atomic mass is 10.2. The van der Waals surface area contributed by atoms with Gasteiger partial charge in [0.25, 0.3) is 0 Å². The summed E-state index contributed by atoms with van der Waals surface area (Å²) in [5.41, 5.74) is 0.981. The summed E-state index contributed by atoms with van der Waals surface area (Å²) in [6.45, 7) is 2.89. The topological polar surface area (TPSA) is 27.7 Å². The summed E-state index contributed by atoms with van der Waals surface area (Å²) in [7, 11) is 0. The predicted molar refractivity (Wildman–Crippen MR) is 56.4 cm³/mol. The fourth-order valence-electron chi connectivity index (χ4n) is 1.56. The Labute approximate surface area is 89.9 Å². The zero-order valence-electron chi connectivity index (χ0n) is 8.94. The van der Waals surface area contributed by atoms with E-state index < -0.39 is 0 Å². The second kappa shape index (κ2) is 5.14. The van der Waals surface area contributed by atoms with Crippen molar-refractivity contribution in [3.63, 3.8) is 0 Å². The normalized spacial score (nSPS) is 18.6. The van der Waals surface area contributed by atoms with Gasteiger partial charge in [0.05, 0.1) is 12.2 Å². The van der Waals surface area contributed by atoms with Crippen LogP contribution in [0.25, 0.3) is 0 Å². The summed E-state index contributed by atoms with van der Waals surface area (Å²) in [6.07, 6.45) is 3.11. The molecule has 0 amide bonds. The van der Waals surface area contributed by atoms with E-state index in [0.717, 1.165) is 24.3 Å². The van der Waals surface area contributed by atoms with Crippen molar-refractivity contribution in [3.8, 4) is 5.75 Å². The average Bonchev–Trinajstić information content (AvgIpc) is 2.68. The average molecular weight is 208 g/mol. The summed E-state index contributed by atoms with van der Waals surface area (Å²) in [5.74, 6) is 0.762. The van der Waals surface area contributed by atoms with Crippen molar-refractivity contribution in [1.29, 1.82) is 0 Å². The van der Waals surface area contributed by atoms with Crippen molar-refractivity contribution in [2.24, 2.45) is 0 Å². The van der Waals surface area contributed by atoms with Crippen LogP contribution in [0.1, 0.15) is 38.0 Å². The van der Waals surface area contributed by atoms with Gasteiger partial charge in [0, 0.05) is 0 Å². The largest absolute Gasteiger partial charge is 0.345 e. The molecule has 0 aromatic heterocycles. The molecule has 0 saturated carbocycles.